The molecule has 1 unspecified atom stereocenters. The predicted octanol–water partition coefficient (Wildman–Crippen LogP) is -0.552. The Bertz CT molecular complexity index is 254. The van der Waals surface area contributed by atoms with Crippen molar-refractivity contribution in [2.45, 2.75) is 31.7 Å². The van der Waals surface area contributed by atoms with Crippen molar-refractivity contribution in [1.82, 2.24) is 0 Å². The summed E-state index contributed by atoms with van der Waals surface area (Å²) in [7, 11) is 0. The lowest BCUT2D eigenvalue weighted by atomic mass is 10.0. The molecule has 0 aliphatic carbocycles. The summed E-state index contributed by atoms with van der Waals surface area (Å²) in [5.41, 5.74) is -0.509. The molecule has 0 aromatic carbocycles. The van der Waals surface area contributed by atoms with Gasteiger partial charge in [-0.15, -0.1) is 0 Å². The molecule has 2 N–H and O–H groups in total. The first-order valence-corrected chi connectivity index (χ1v) is 4.82. The maximum atomic E-state index is 11.6. The van der Waals surface area contributed by atoms with Crippen LogP contribution in [0.15, 0.2) is 4.99 Å². The predicted molar refractivity (Wildman–Crippen MR) is 47.4 cm³/mol. The first kappa shape index (κ1) is 8.84. The van der Waals surface area contributed by atoms with Gasteiger partial charge in [-0.1, -0.05) is 6.92 Å². The third-order valence-electron chi connectivity index (χ3n) is 2.62. The Kier molecular flexibility index (Phi) is 2.17. The summed E-state index contributed by atoms with van der Waals surface area (Å²) >= 11 is 0. The topological polar surface area (TPSA) is 55.3 Å². The molecule has 0 saturated carbocycles. The number of hydrogen-bond acceptors (Lipinski definition) is 3. The maximum absolute atomic E-state index is 11.6. The monoisotopic (exact) mass is 183 g/mol. The number of rotatable bonds is 2. The number of amidine groups is 1. The van der Waals surface area contributed by atoms with E-state index in [2.05, 4.69) is 11.9 Å². The summed E-state index contributed by atoms with van der Waals surface area (Å²) in [6.45, 7) is 3.25. The average Bonchev–Trinajstić information content (AvgIpc) is 2.64. The minimum atomic E-state index is -0.509. The summed E-state index contributed by atoms with van der Waals surface area (Å²) < 4.78 is 5.23. The van der Waals surface area contributed by atoms with Gasteiger partial charge in [0.15, 0.2) is 0 Å². The van der Waals surface area contributed by atoms with Gasteiger partial charge in [-0.05, 0) is 6.42 Å². The molecule has 2 aliphatic heterocycles. The second-order valence-electron chi connectivity index (χ2n) is 3.70. The molecule has 1 spiro atoms. The number of hydrogen-bond donors (Lipinski definition) is 1. The molecule has 1 saturated heterocycles. The van der Waals surface area contributed by atoms with Gasteiger partial charge in [0.05, 0.1) is 6.61 Å². The number of carbonyl (C=O) groups is 1. The molecule has 2 rings (SSSR count). The highest BCUT2D eigenvalue weighted by atomic mass is 16.5. The van der Waals surface area contributed by atoms with Crippen molar-refractivity contribution in [3.63, 3.8) is 0 Å². The molecule has 72 valence electrons. The lowest BCUT2D eigenvalue weighted by molar-refractivity contribution is -0.451. The molecule has 1 amide bonds. The summed E-state index contributed by atoms with van der Waals surface area (Å²) in [6.07, 6.45) is 2.71. The first-order valence-electron chi connectivity index (χ1n) is 4.82. The van der Waals surface area contributed by atoms with Crippen molar-refractivity contribution in [2.75, 3.05) is 13.2 Å². The summed E-state index contributed by atoms with van der Waals surface area (Å²) in [6, 6.07) is 0. The van der Waals surface area contributed by atoms with E-state index in [1.165, 1.54) is 0 Å². The van der Waals surface area contributed by atoms with Gasteiger partial charge in [0, 0.05) is 19.4 Å². The van der Waals surface area contributed by atoms with E-state index in [1.54, 1.807) is 5.32 Å². The standard InChI is InChI=1S/C9H14N2O2/c1-2-3-7-10-8(12)9(11-7)4-5-13-6-9/h2-6H2,1H3,(H,10,11,12)/p+1. The number of nitrogens with two attached hydrogens (primary N) is 1. The quantitative estimate of drug-likeness (QED) is 0.624. The van der Waals surface area contributed by atoms with E-state index in [1.807, 2.05) is 0 Å². The molecule has 2 aliphatic rings. The Balaban J connectivity index is 2.15. The van der Waals surface area contributed by atoms with Crippen LogP contribution in [-0.4, -0.2) is 30.5 Å². The molecule has 0 aromatic rings. The largest absolute Gasteiger partial charge is 0.378 e. The highest BCUT2D eigenvalue weighted by Crippen LogP contribution is 2.24. The van der Waals surface area contributed by atoms with Crippen molar-refractivity contribution in [3.8, 4) is 0 Å². The fourth-order valence-electron chi connectivity index (χ4n) is 1.87. The third-order valence-corrected chi connectivity index (χ3v) is 2.62. The Hall–Kier alpha value is -0.740. The van der Waals surface area contributed by atoms with Gasteiger partial charge >= 0.3 is 5.91 Å². The van der Waals surface area contributed by atoms with Crippen LogP contribution >= 0.6 is 0 Å². The van der Waals surface area contributed by atoms with Crippen molar-refractivity contribution in [1.29, 1.82) is 0 Å². The summed E-state index contributed by atoms with van der Waals surface area (Å²) in [5, 5.41) is 1.69. The zero-order valence-electron chi connectivity index (χ0n) is 7.88. The highest BCUT2D eigenvalue weighted by molar-refractivity contribution is 5.94. The van der Waals surface area contributed by atoms with E-state index in [0.717, 1.165) is 25.1 Å². The van der Waals surface area contributed by atoms with Crippen LogP contribution in [0.4, 0.5) is 0 Å². The van der Waals surface area contributed by atoms with Gasteiger partial charge in [0.2, 0.25) is 11.4 Å². The molecule has 1 atom stereocenters. The molecule has 13 heavy (non-hydrogen) atoms. The molecule has 0 bridgehead atoms. The summed E-state index contributed by atoms with van der Waals surface area (Å²) in [4.78, 5) is 16.1. The number of nitrogens with zero attached hydrogens (tertiary/aromatic N) is 1. The SMILES string of the molecule is CCCC1=NC2(CCOC2)C(=O)[NH2+]1. The van der Waals surface area contributed by atoms with Crippen LogP contribution in [0.2, 0.25) is 0 Å². The Morgan fingerprint density at radius 2 is 2.54 bits per heavy atom. The molecule has 4 nitrogen and oxygen atoms in total. The number of carbonyl (C=O) groups excluding carboxylic acids is 1. The van der Waals surface area contributed by atoms with Gasteiger partial charge in [-0.2, -0.15) is 0 Å². The molecule has 2 heterocycles. The van der Waals surface area contributed by atoms with Crippen LogP contribution in [-0.2, 0) is 9.53 Å². The lowest BCUT2D eigenvalue weighted by Gasteiger charge is -2.08. The molecule has 0 aromatic heterocycles. The molecule has 0 radical (unpaired) electrons. The van der Waals surface area contributed by atoms with Gasteiger partial charge in [-0.25, -0.2) is 15.1 Å². The van der Waals surface area contributed by atoms with Crippen LogP contribution in [0.1, 0.15) is 26.2 Å². The van der Waals surface area contributed by atoms with Gasteiger partial charge in [0.25, 0.3) is 0 Å². The molecule has 1 fully saturated rings. The highest BCUT2D eigenvalue weighted by Gasteiger charge is 2.50. The molecular formula is C9H15N2O2+. The normalized spacial score (nSPS) is 33.0. The van der Waals surface area contributed by atoms with Gasteiger partial charge in [-0.3, -0.25) is 0 Å². The molecular weight excluding hydrogens is 168 g/mol. The third kappa shape index (κ3) is 1.40. The minimum Gasteiger partial charge on any atom is -0.378 e. The van der Waals surface area contributed by atoms with E-state index in [0.29, 0.717) is 13.2 Å². The second-order valence-corrected chi connectivity index (χ2v) is 3.70. The second kappa shape index (κ2) is 3.20. The van der Waals surface area contributed by atoms with Crippen molar-refractivity contribution in [3.05, 3.63) is 0 Å². The van der Waals surface area contributed by atoms with E-state index in [4.69, 9.17) is 4.74 Å². The smallest absolute Gasteiger partial charge is 0.346 e. The Morgan fingerprint density at radius 1 is 1.69 bits per heavy atom. The van der Waals surface area contributed by atoms with E-state index in [9.17, 15) is 4.79 Å². The van der Waals surface area contributed by atoms with Crippen molar-refractivity contribution >= 4 is 11.7 Å². The number of aliphatic imine (C=N–C) groups is 1. The number of amides is 1. The van der Waals surface area contributed by atoms with Crippen LogP contribution in [0.5, 0.6) is 0 Å². The number of primary amides is 1. The zero-order chi connectivity index (χ0) is 9.31. The fraction of sp³-hybridized carbons (Fsp3) is 0.778. The zero-order valence-corrected chi connectivity index (χ0v) is 7.88. The first-order chi connectivity index (χ1) is 6.27. The average molecular weight is 183 g/mol. The van der Waals surface area contributed by atoms with Crippen LogP contribution in [0.25, 0.3) is 0 Å². The Labute approximate surface area is 77.4 Å². The van der Waals surface area contributed by atoms with Gasteiger partial charge < -0.3 is 4.74 Å². The van der Waals surface area contributed by atoms with E-state index in [-0.39, 0.29) is 5.91 Å². The van der Waals surface area contributed by atoms with Crippen LogP contribution < -0.4 is 5.32 Å². The number of quaternary nitrogens is 1. The lowest BCUT2D eigenvalue weighted by Crippen LogP contribution is -2.91. The van der Waals surface area contributed by atoms with Crippen molar-refractivity contribution < 1.29 is 14.8 Å². The van der Waals surface area contributed by atoms with E-state index < -0.39 is 5.54 Å². The minimum absolute atomic E-state index is 0.147. The van der Waals surface area contributed by atoms with E-state index >= 15 is 0 Å². The molecule has 4 heteroatoms. The fourth-order valence-corrected chi connectivity index (χ4v) is 1.87. The van der Waals surface area contributed by atoms with Crippen LogP contribution in [0, 0.1) is 0 Å². The van der Waals surface area contributed by atoms with Crippen LogP contribution in [0.3, 0.4) is 0 Å². The van der Waals surface area contributed by atoms with Crippen molar-refractivity contribution in [2.24, 2.45) is 4.99 Å². The van der Waals surface area contributed by atoms with Gasteiger partial charge in [0.1, 0.15) is 0 Å². The number of ether oxygens (including phenoxy) is 1. The Morgan fingerprint density at radius 3 is 3.15 bits per heavy atom. The summed E-state index contributed by atoms with van der Waals surface area (Å²) in [5.74, 6) is 1.10. The maximum Gasteiger partial charge on any atom is 0.346 e.